The minimum atomic E-state index is -4.43. The molecule has 6 aromatic rings. The monoisotopic (exact) mass is 879 g/mol. The minimum Gasteiger partial charge on any atom is -0.461 e. The van der Waals surface area contributed by atoms with Gasteiger partial charge in [-0.15, -0.1) is 0 Å². The largest absolute Gasteiger partial charge is 0.461 e. The highest BCUT2D eigenvalue weighted by molar-refractivity contribution is 7.92. The zero-order chi connectivity index (χ0) is 44.3. The summed E-state index contributed by atoms with van der Waals surface area (Å²) in [7, 11) is -2.89. The SMILES string of the molecule is Cn1c(=O)n(-c2ccc(C[C@H](NC(=O)c3cc(F)c(NS(=O)(=O)c4ccc(-c5cnc(C6CCOCC6)nc5)cc4)cc3F)C(=O)OC3CCCCC3)nc2)c(=O)c2ccccc21. The molecule has 2 N–H and O–H groups in total. The van der Waals surface area contributed by atoms with Crippen LogP contribution in [0, 0.1) is 11.6 Å². The second kappa shape index (κ2) is 18.4. The first-order valence-corrected chi connectivity index (χ1v) is 22.0. The van der Waals surface area contributed by atoms with Gasteiger partial charge in [0, 0.05) is 62.3 Å². The molecule has 2 aliphatic rings. The average Bonchev–Trinajstić information content (AvgIpc) is 3.30. The second-order valence-electron chi connectivity index (χ2n) is 15.6. The first-order chi connectivity index (χ1) is 30.4. The van der Waals surface area contributed by atoms with E-state index in [1.54, 1.807) is 55.8 Å². The Morgan fingerprint density at radius 1 is 0.857 bits per heavy atom. The van der Waals surface area contributed by atoms with Crippen molar-refractivity contribution in [3.05, 3.63) is 141 Å². The quantitative estimate of drug-likeness (QED) is 0.143. The van der Waals surface area contributed by atoms with Gasteiger partial charge in [-0.2, -0.15) is 0 Å². The number of pyridine rings is 1. The molecule has 0 unspecified atom stereocenters. The molecule has 3 aromatic carbocycles. The molecular formula is C45H43F2N7O8S. The number of para-hydroxylation sites is 1. The van der Waals surface area contributed by atoms with Crippen molar-refractivity contribution in [2.45, 2.75) is 74.3 Å². The molecule has 1 aliphatic carbocycles. The number of fused-ring (bicyclic) bond motifs is 1. The summed E-state index contributed by atoms with van der Waals surface area (Å²) in [5.74, 6) is -3.59. The fourth-order valence-corrected chi connectivity index (χ4v) is 8.91. The van der Waals surface area contributed by atoms with Gasteiger partial charge >= 0.3 is 11.7 Å². The molecule has 63 heavy (non-hydrogen) atoms. The van der Waals surface area contributed by atoms with Crippen LogP contribution >= 0.6 is 0 Å². The number of nitrogens with zero attached hydrogens (tertiary/aromatic N) is 5. The molecule has 0 bridgehead atoms. The fraction of sp³-hybridized carbons (Fsp3) is 0.311. The number of carbonyl (C=O) groups is 2. The number of aromatic nitrogens is 5. The third kappa shape index (κ3) is 9.41. The van der Waals surface area contributed by atoms with Crippen molar-refractivity contribution in [1.82, 2.24) is 29.4 Å². The van der Waals surface area contributed by atoms with Crippen LogP contribution in [-0.2, 0) is 37.8 Å². The fourth-order valence-electron chi connectivity index (χ4n) is 7.86. The number of rotatable bonds is 12. The van der Waals surface area contributed by atoms with Crippen LogP contribution in [0.2, 0.25) is 0 Å². The van der Waals surface area contributed by atoms with Crippen molar-refractivity contribution >= 4 is 38.5 Å². The molecular weight excluding hydrogens is 837 g/mol. The van der Waals surface area contributed by atoms with Crippen LogP contribution < -0.4 is 21.3 Å². The Morgan fingerprint density at radius 3 is 2.27 bits per heavy atom. The number of anilines is 1. The van der Waals surface area contributed by atoms with Gasteiger partial charge in [-0.1, -0.05) is 30.7 Å². The van der Waals surface area contributed by atoms with E-state index in [1.165, 1.54) is 35.0 Å². The highest BCUT2D eigenvalue weighted by atomic mass is 32.2. The highest BCUT2D eigenvalue weighted by Gasteiger charge is 2.30. The summed E-state index contributed by atoms with van der Waals surface area (Å²) in [5, 5.41) is 2.76. The number of hydrogen-bond acceptors (Lipinski definition) is 11. The van der Waals surface area contributed by atoms with Crippen LogP contribution in [0.5, 0.6) is 0 Å². The number of nitrogens with one attached hydrogen (secondary N) is 2. The Balaban J connectivity index is 0.977. The molecule has 1 saturated heterocycles. The number of hydrogen-bond donors (Lipinski definition) is 2. The standard InChI is InChI=1S/C45H43F2N7O8S/c1-53-40-10-6-5-9-34(40)43(56)54(45(53)58)31-14-13-30(48-26-31)21-39(44(57)62-32-7-3-2-4-8-32)51-42(55)35-22-37(47)38(23-36(35)46)52-63(59,60)33-15-11-27(12-16-33)29-24-49-41(50-25-29)28-17-19-61-20-18-28/h5-6,9-16,22-26,28,32,39,52H,2-4,7-8,17-21H2,1H3,(H,51,55)/t39-/m0/s1. The van der Waals surface area contributed by atoms with Crippen LogP contribution in [0.3, 0.4) is 0 Å². The minimum absolute atomic E-state index is 0.160. The molecule has 1 saturated carbocycles. The van der Waals surface area contributed by atoms with Gasteiger partial charge < -0.3 is 14.8 Å². The Bertz CT molecular complexity index is 2900. The van der Waals surface area contributed by atoms with E-state index in [-0.39, 0.29) is 28.6 Å². The smallest absolute Gasteiger partial charge is 0.335 e. The number of amides is 1. The normalized spacial score (nSPS) is 15.5. The van der Waals surface area contributed by atoms with Crippen LogP contribution in [0.1, 0.15) is 72.7 Å². The van der Waals surface area contributed by atoms with Gasteiger partial charge in [0.2, 0.25) is 0 Å². The summed E-state index contributed by atoms with van der Waals surface area (Å²) >= 11 is 0. The van der Waals surface area contributed by atoms with E-state index in [9.17, 15) is 27.6 Å². The Labute approximate surface area is 360 Å². The van der Waals surface area contributed by atoms with Crippen LogP contribution in [-0.4, -0.2) is 69.7 Å². The average molecular weight is 880 g/mol. The van der Waals surface area contributed by atoms with Gasteiger partial charge in [0.1, 0.15) is 29.6 Å². The predicted molar refractivity (Wildman–Crippen MR) is 228 cm³/mol. The van der Waals surface area contributed by atoms with Gasteiger partial charge in [0.25, 0.3) is 21.5 Å². The van der Waals surface area contributed by atoms with Gasteiger partial charge in [0.05, 0.1) is 38.9 Å². The van der Waals surface area contributed by atoms with Gasteiger partial charge in [-0.25, -0.2) is 41.3 Å². The summed E-state index contributed by atoms with van der Waals surface area (Å²) in [6.07, 6.45) is 9.53. The zero-order valence-corrected chi connectivity index (χ0v) is 34.9. The molecule has 3 aromatic heterocycles. The molecule has 1 aliphatic heterocycles. The summed E-state index contributed by atoms with van der Waals surface area (Å²) in [4.78, 5) is 66.8. The lowest BCUT2D eigenvalue weighted by Crippen LogP contribution is -2.45. The Morgan fingerprint density at radius 2 is 1.57 bits per heavy atom. The third-order valence-electron chi connectivity index (χ3n) is 11.4. The van der Waals surface area contributed by atoms with E-state index >= 15 is 8.78 Å². The number of carbonyl (C=O) groups excluding carboxylic acids is 2. The number of ether oxygens (including phenoxy) is 2. The predicted octanol–water partition coefficient (Wildman–Crippen LogP) is 5.73. The lowest BCUT2D eigenvalue weighted by Gasteiger charge is -2.25. The molecule has 326 valence electrons. The third-order valence-corrected chi connectivity index (χ3v) is 12.8. The summed E-state index contributed by atoms with van der Waals surface area (Å²) in [6, 6.07) is 15.0. The molecule has 4 heterocycles. The Hall–Kier alpha value is -6.66. The van der Waals surface area contributed by atoms with Crippen LogP contribution in [0.15, 0.2) is 106 Å². The van der Waals surface area contributed by atoms with Gasteiger partial charge in [-0.3, -0.25) is 23.9 Å². The lowest BCUT2D eigenvalue weighted by atomic mass is 9.97. The van der Waals surface area contributed by atoms with Crippen molar-refractivity contribution in [3.8, 4) is 16.8 Å². The molecule has 2 fully saturated rings. The maximum atomic E-state index is 15.6. The molecule has 0 radical (unpaired) electrons. The number of halogens is 2. The zero-order valence-electron chi connectivity index (χ0n) is 34.1. The number of esters is 1. The van der Waals surface area contributed by atoms with Crippen molar-refractivity contribution in [3.63, 3.8) is 0 Å². The molecule has 1 atom stereocenters. The van der Waals surface area contributed by atoms with E-state index in [4.69, 9.17) is 9.47 Å². The van der Waals surface area contributed by atoms with Gasteiger partial charge in [0.15, 0.2) is 0 Å². The molecule has 0 spiro atoms. The second-order valence-corrected chi connectivity index (χ2v) is 17.3. The maximum Gasteiger partial charge on any atom is 0.335 e. The van der Waals surface area contributed by atoms with Crippen LogP contribution in [0.4, 0.5) is 14.5 Å². The van der Waals surface area contributed by atoms with Gasteiger partial charge in [-0.05, 0) is 86.6 Å². The highest BCUT2D eigenvalue weighted by Crippen LogP contribution is 2.28. The van der Waals surface area contributed by atoms with E-state index in [2.05, 4.69) is 25.0 Å². The first-order valence-electron chi connectivity index (χ1n) is 20.6. The molecule has 18 heteroatoms. The summed E-state index contributed by atoms with van der Waals surface area (Å²) < 4.78 is 73.3. The lowest BCUT2D eigenvalue weighted by molar-refractivity contribution is -0.152. The van der Waals surface area contributed by atoms with E-state index in [0.717, 1.165) is 36.7 Å². The number of sulfonamides is 1. The summed E-state index contributed by atoms with van der Waals surface area (Å²) in [6.45, 7) is 1.30. The van der Waals surface area contributed by atoms with E-state index in [0.29, 0.717) is 66.0 Å². The Kier molecular flexibility index (Phi) is 12.5. The van der Waals surface area contributed by atoms with Crippen LogP contribution in [0.25, 0.3) is 27.7 Å². The van der Waals surface area contributed by atoms with Crippen molar-refractivity contribution < 1.29 is 36.3 Å². The number of aryl methyl sites for hydroxylation is 1. The topological polar surface area (TPSA) is 193 Å². The maximum absolute atomic E-state index is 15.6. The molecule has 1 amide bonds. The van der Waals surface area contributed by atoms with E-state index < -0.39 is 68.2 Å². The number of benzene rings is 3. The van der Waals surface area contributed by atoms with E-state index in [1.807, 2.05) is 0 Å². The summed E-state index contributed by atoms with van der Waals surface area (Å²) in [5.41, 5.74) is -0.536. The van der Waals surface area contributed by atoms with Crippen molar-refractivity contribution in [2.24, 2.45) is 7.05 Å². The van der Waals surface area contributed by atoms with Crippen molar-refractivity contribution in [2.75, 3.05) is 17.9 Å². The molecule has 8 rings (SSSR count). The first kappa shape index (κ1) is 43.0. The molecule has 15 nitrogen and oxygen atoms in total. The van der Waals surface area contributed by atoms with Crippen molar-refractivity contribution in [1.29, 1.82) is 0 Å².